The fourth-order valence-electron chi connectivity index (χ4n) is 6.31. The Balaban J connectivity index is 1.35. The number of aryl methyl sites for hydroxylation is 1. The van der Waals surface area contributed by atoms with Gasteiger partial charge in [-0.15, -0.1) is 0 Å². The van der Waals surface area contributed by atoms with Gasteiger partial charge in [0.1, 0.15) is 5.82 Å². The Morgan fingerprint density at radius 2 is 1.79 bits per heavy atom. The van der Waals surface area contributed by atoms with Gasteiger partial charge in [-0.05, 0) is 101 Å². The third-order valence-electron chi connectivity index (χ3n) is 8.84. The van der Waals surface area contributed by atoms with Crippen molar-refractivity contribution >= 4 is 11.8 Å². The Morgan fingerprint density at radius 1 is 1.03 bits per heavy atom. The molecule has 2 aromatic rings. The molecule has 39 heavy (non-hydrogen) atoms. The molecule has 2 amide bonds. The van der Waals surface area contributed by atoms with E-state index in [1.807, 2.05) is 23.7 Å². The summed E-state index contributed by atoms with van der Waals surface area (Å²) < 4.78 is 16.0. The molecule has 1 aromatic heterocycles. The summed E-state index contributed by atoms with van der Waals surface area (Å²) in [5, 5.41) is 11.1. The molecule has 0 radical (unpaired) electrons. The van der Waals surface area contributed by atoms with E-state index in [4.69, 9.17) is 5.10 Å². The van der Waals surface area contributed by atoms with Gasteiger partial charge in [0.05, 0.1) is 11.7 Å². The van der Waals surface area contributed by atoms with Gasteiger partial charge in [0.25, 0.3) is 5.91 Å². The van der Waals surface area contributed by atoms with Crippen LogP contribution in [-0.2, 0) is 11.2 Å². The number of benzene rings is 1. The molecule has 212 valence electrons. The van der Waals surface area contributed by atoms with Crippen LogP contribution in [0.2, 0.25) is 0 Å². The third-order valence-corrected chi connectivity index (χ3v) is 8.84. The molecule has 1 atom stereocenters. The molecule has 0 spiro atoms. The first-order valence-electron chi connectivity index (χ1n) is 15.2. The normalized spacial score (nSPS) is 19.5. The summed E-state index contributed by atoms with van der Waals surface area (Å²) in [5.41, 5.74) is 3.08. The number of carbonyl (C=O) groups excluding carboxylic acids is 2. The standard InChI is InChI=1S/C31H44FN5O2/c1-2-22-19-23(32)13-14-27(22)29-21-28(35-37(29)26-11-4-5-12-26)31(39)34-25(15-18-36-16-6-3-7-17-36)20-30(38)33-24-9-8-10-24/h13-14,19,21,24-26H,2-12,15-18,20H2,1H3,(H,33,38)(H,34,39)/t25-/m0/s1. The highest BCUT2D eigenvalue weighted by molar-refractivity contribution is 5.94. The minimum absolute atomic E-state index is 0.0136. The van der Waals surface area contributed by atoms with Gasteiger partial charge in [-0.1, -0.05) is 26.2 Å². The van der Waals surface area contributed by atoms with Crippen LogP contribution < -0.4 is 10.6 Å². The van der Waals surface area contributed by atoms with E-state index in [9.17, 15) is 14.0 Å². The van der Waals surface area contributed by atoms with E-state index in [2.05, 4.69) is 15.5 Å². The minimum atomic E-state index is -0.253. The summed E-state index contributed by atoms with van der Waals surface area (Å²) in [6.07, 6.45) is 13.0. The van der Waals surface area contributed by atoms with Crippen molar-refractivity contribution in [3.63, 3.8) is 0 Å². The van der Waals surface area contributed by atoms with E-state index in [-0.39, 0.29) is 42.2 Å². The zero-order valence-corrected chi connectivity index (χ0v) is 23.4. The number of halogens is 1. The second-order valence-corrected chi connectivity index (χ2v) is 11.7. The molecule has 2 heterocycles. The quantitative estimate of drug-likeness (QED) is 0.402. The second-order valence-electron chi connectivity index (χ2n) is 11.7. The van der Waals surface area contributed by atoms with Crippen LogP contribution in [0.25, 0.3) is 11.3 Å². The number of carbonyl (C=O) groups is 2. The van der Waals surface area contributed by atoms with E-state index < -0.39 is 0 Å². The number of likely N-dealkylation sites (tertiary alicyclic amines) is 1. The summed E-state index contributed by atoms with van der Waals surface area (Å²) in [6, 6.07) is 7.00. The monoisotopic (exact) mass is 537 g/mol. The average molecular weight is 538 g/mol. The highest BCUT2D eigenvalue weighted by atomic mass is 19.1. The molecule has 1 aliphatic heterocycles. The van der Waals surface area contributed by atoms with Gasteiger partial charge in [0.15, 0.2) is 5.69 Å². The van der Waals surface area contributed by atoms with Crippen molar-refractivity contribution < 1.29 is 14.0 Å². The molecule has 8 heteroatoms. The number of piperidine rings is 1. The largest absolute Gasteiger partial charge is 0.353 e. The Hall–Kier alpha value is -2.74. The lowest BCUT2D eigenvalue weighted by Gasteiger charge is -2.29. The van der Waals surface area contributed by atoms with Gasteiger partial charge < -0.3 is 15.5 Å². The number of hydrogen-bond acceptors (Lipinski definition) is 4. The molecular weight excluding hydrogens is 493 g/mol. The van der Waals surface area contributed by atoms with E-state index in [1.54, 1.807) is 6.07 Å². The Labute approximate surface area is 231 Å². The Kier molecular flexibility index (Phi) is 9.32. The number of hydrogen-bond donors (Lipinski definition) is 2. The van der Waals surface area contributed by atoms with Crippen molar-refractivity contribution in [3.8, 4) is 11.3 Å². The van der Waals surface area contributed by atoms with Crippen molar-refractivity contribution in [2.24, 2.45) is 0 Å². The first-order chi connectivity index (χ1) is 19.0. The molecule has 2 aliphatic carbocycles. The topological polar surface area (TPSA) is 79.3 Å². The van der Waals surface area contributed by atoms with Gasteiger partial charge in [-0.25, -0.2) is 4.39 Å². The van der Waals surface area contributed by atoms with Crippen LogP contribution in [0.4, 0.5) is 4.39 Å². The molecule has 2 N–H and O–H groups in total. The molecule has 2 saturated carbocycles. The van der Waals surface area contributed by atoms with Crippen molar-refractivity contribution in [3.05, 3.63) is 41.3 Å². The molecule has 0 unspecified atom stereocenters. The third kappa shape index (κ3) is 7.07. The van der Waals surface area contributed by atoms with Crippen molar-refractivity contribution in [1.82, 2.24) is 25.3 Å². The molecule has 5 rings (SSSR count). The van der Waals surface area contributed by atoms with Crippen LogP contribution in [0.1, 0.15) is 106 Å². The smallest absolute Gasteiger partial charge is 0.272 e. The summed E-state index contributed by atoms with van der Waals surface area (Å²) in [4.78, 5) is 28.9. The van der Waals surface area contributed by atoms with E-state index in [0.717, 1.165) is 81.4 Å². The second kappa shape index (κ2) is 13.1. The average Bonchev–Trinajstić information content (AvgIpc) is 3.60. The number of nitrogens with one attached hydrogen (secondary N) is 2. The van der Waals surface area contributed by atoms with Gasteiger partial charge in [0.2, 0.25) is 5.91 Å². The van der Waals surface area contributed by atoms with Crippen molar-refractivity contribution in [1.29, 1.82) is 0 Å². The fourth-order valence-corrected chi connectivity index (χ4v) is 6.31. The predicted octanol–water partition coefficient (Wildman–Crippen LogP) is 5.40. The SMILES string of the molecule is CCc1cc(F)ccc1-c1cc(C(=O)N[C@@H](CCN2CCCCC2)CC(=O)NC2CCC2)nn1C1CCCC1. The number of aromatic nitrogens is 2. The molecule has 1 saturated heterocycles. The first-order valence-corrected chi connectivity index (χ1v) is 15.2. The number of amides is 2. The maximum absolute atomic E-state index is 14.0. The van der Waals surface area contributed by atoms with Crippen LogP contribution in [-0.4, -0.2) is 58.2 Å². The zero-order chi connectivity index (χ0) is 27.2. The van der Waals surface area contributed by atoms with Crippen LogP contribution >= 0.6 is 0 Å². The fraction of sp³-hybridized carbons (Fsp3) is 0.645. The van der Waals surface area contributed by atoms with Crippen LogP contribution in [0.3, 0.4) is 0 Å². The van der Waals surface area contributed by atoms with Gasteiger partial charge in [-0.2, -0.15) is 5.10 Å². The summed E-state index contributed by atoms with van der Waals surface area (Å²) in [5.74, 6) is -0.481. The van der Waals surface area contributed by atoms with E-state index in [0.29, 0.717) is 12.1 Å². The number of nitrogens with zero attached hydrogens (tertiary/aromatic N) is 3. The van der Waals surface area contributed by atoms with Crippen LogP contribution in [0.5, 0.6) is 0 Å². The zero-order valence-electron chi connectivity index (χ0n) is 23.4. The molecule has 3 aliphatic rings. The Morgan fingerprint density at radius 3 is 2.49 bits per heavy atom. The summed E-state index contributed by atoms with van der Waals surface area (Å²) in [6.45, 7) is 5.06. The van der Waals surface area contributed by atoms with Gasteiger partial charge in [0, 0.05) is 30.6 Å². The summed E-state index contributed by atoms with van der Waals surface area (Å²) >= 11 is 0. The van der Waals surface area contributed by atoms with Crippen molar-refractivity contribution in [2.75, 3.05) is 19.6 Å². The number of rotatable bonds is 11. The van der Waals surface area contributed by atoms with Crippen LogP contribution in [0.15, 0.2) is 24.3 Å². The first kappa shape index (κ1) is 27.8. The Bertz CT molecular complexity index is 1130. The maximum atomic E-state index is 14.0. The molecular formula is C31H44FN5O2. The lowest BCUT2D eigenvalue weighted by Crippen LogP contribution is -2.45. The maximum Gasteiger partial charge on any atom is 0.272 e. The summed E-state index contributed by atoms with van der Waals surface area (Å²) in [7, 11) is 0. The molecule has 3 fully saturated rings. The highest BCUT2D eigenvalue weighted by Gasteiger charge is 2.27. The van der Waals surface area contributed by atoms with E-state index >= 15 is 0 Å². The minimum Gasteiger partial charge on any atom is -0.353 e. The lowest BCUT2D eigenvalue weighted by molar-refractivity contribution is -0.122. The van der Waals surface area contributed by atoms with Gasteiger partial charge in [-0.3, -0.25) is 14.3 Å². The van der Waals surface area contributed by atoms with Crippen LogP contribution in [0, 0.1) is 5.82 Å². The predicted molar refractivity (Wildman–Crippen MR) is 151 cm³/mol. The van der Waals surface area contributed by atoms with E-state index in [1.165, 1.54) is 31.7 Å². The molecule has 1 aromatic carbocycles. The molecule has 7 nitrogen and oxygen atoms in total. The molecule has 0 bridgehead atoms. The lowest BCUT2D eigenvalue weighted by atomic mass is 9.93. The van der Waals surface area contributed by atoms with Gasteiger partial charge >= 0.3 is 0 Å². The highest BCUT2D eigenvalue weighted by Crippen LogP contribution is 2.35. The van der Waals surface area contributed by atoms with Crippen molar-refractivity contribution in [2.45, 2.75) is 109 Å².